The first-order valence-corrected chi connectivity index (χ1v) is 9.60. The second-order valence-electron chi connectivity index (χ2n) is 7.07. The minimum Gasteiger partial charge on any atom is -0.497 e. The van der Waals surface area contributed by atoms with Gasteiger partial charge >= 0.3 is 0 Å². The lowest BCUT2D eigenvalue weighted by Gasteiger charge is -2.07. The van der Waals surface area contributed by atoms with E-state index in [0.717, 1.165) is 22.4 Å². The Hall–Kier alpha value is -3.93. The fraction of sp³-hybridized carbons (Fsp3) is 0.125. The number of rotatable bonds is 5. The van der Waals surface area contributed by atoms with E-state index in [1.54, 1.807) is 23.9 Å². The standard InChI is InChI=1S/C24H22N4O2/c1-16-7-4-9-18(13-16)23-26-22(27-28(23)20-11-5-8-17(2)14-20)24(29)25-19-10-6-12-21(15-19)30-3/h4-15H,1-3H3,(H,25,29). The average Bonchev–Trinajstić information content (AvgIpc) is 3.20. The number of anilines is 1. The largest absolute Gasteiger partial charge is 0.497 e. The van der Waals surface area contributed by atoms with Crippen LogP contribution in [0.25, 0.3) is 17.1 Å². The van der Waals surface area contributed by atoms with Gasteiger partial charge in [-0.3, -0.25) is 4.79 Å². The number of aryl methyl sites for hydroxylation is 2. The minimum absolute atomic E-state index is 0.0934. The Morgan fingerprint density at radius 3 is 2.40 bits per heavy atom. The Morgan fingerprint density at radius 1 is 0.933 bits per heavy atom. The molecule has 6 heteroatoms. The van der Waals surface area contributed by atoms with E-state index in [0.29, 0.717) is 17.3 Å². The van der Waals surface area contributed by atoms with Crippen molar-refractivity contribution in [2.24, 2.45) is 0 Å². The molecule has 3 aromatic carbocycles. The molecule has 1 heterocycles. The molecule has 4 rings (SSSR count). The van der Waals surface area contributed by atoms with E-state index in [1.807, 2.05) is 74.5 Å². The van der Waals surface area contributed by atoms with E-state index in [9.17, 15) is 4.79 Å². The van der Waals surface area contributed by atoms with Crippen LogP contribution in [0.2, 0.25) is 0 Å². The van der Waals surface area contributed by atoms with Crippen LogP contribution in [0.15, 0.2) is 72.8 Å². The molecule has 0 unspecified atom stereocenters. The van der Waals surface area contributed by atoms with Gasteiger partial charge in [-0.1, -0.05) is 42.0 Å². The third-order valence-electron chi connectivity index (χ3n) is 4.66. The highest BCUT2D eigenvalue weighted by atomic mass is 16.5. The molecule has 4 aromatic rings. The topological polar surface area (TPSA) is 69.0 Å². The number of methoxy groups -OCH3 is 1. The quantitative estimate of drug-likeness (QED) is 0.524. The summed E-state index contributed by atoms with van der Waals surface area (Å²) in [5, 5.41) is 7.37. The lowest BCUT2D eigenvalue weighted by Crippen LogP contribution is -2.14. The normalized spacial score (nSPS) is 10.6. The van der Waals surface area contributed by atoms with Crippen molar-refractivity contribution in [3.63, 3.8) is 0 Å². The third kappa shape index (κ3) is 4.07. The lowest BCUT2D eigenvalue weighted by atomic mass is 10.1. The van der Waals surface area contributed by atoms with Crippen LogP contribution < -0.4 is 10.1 Å². The molecule has 1 N–H and O–H groups in total. The average molecular weight is 398 g/mol. The van der Waals surface area contributed by atoms with Gasteiger partial charge in [0.25, 0.3) is 5.91 Å². The van der Waals surface area contributed by atoms with Crippen molar-refractivity contribution < 1.29 is 9.53 Å². The summed E-state index contributed by atoms with van der Waals surface area (Å²) in [7, 11) is 1.58. The number of nitrogens with zero attached hydrogens (tertiary/aromatic N) is 3. The Morgan fingerprint density at radius 2 is 1.67 bits per heavy atom. The zero-order valence-corrected chi connectivity index (χ0v) is 17.1. The van der Waals surface area contributed by atoms with Crippen LogP contribution in [-0.2, 0) is 0 Å². The second kappa shape index (κ2) is 8.21. The molecule has 0 bridgehead atoms. The van der Waals surface area contributed by atoms with Gasteiger partial charge in [0.15, 0.2) is 5.82 Å². The molecular formula is C24H22N4O2. The van der Waals surface area contributed by atoms with Crippen LogP contribution in [-0.4, -0.2) is 27.8 Å². The number of carbonyl (C=O) groups is 1. The maximum absolute atomic E-state index is 12.9. The zero-order chi connectivity index (χ0) is 21.1. The minimum atomic E-state index is -0.386. The van der Waals surface area contributed by atoms with Crippen molar-refractivity contribution in [2.45, 2.75) is 13.8 Å². The number of ether oxygens (including phenoxy) is 1. The van der Waals surface area contributed by atoms with Gasteiger partial charge in [-0.2, -0.15) is 0 Å². The van der Waals surface area contributed by atoms with Crippen molar-refractivity contribution in [3.8, 4) is 22.8 Å². The van der Waals surface area contributed by atoms with Crippen molar-refractivity contribution in [2.75, 3.05) is 12.4 Å². The summed E-state index contributed by atoms with van der Waals surface area (Å²) in [4.78, 5) is 17.5. The molecule has 30 heavy (non-hydrogen) atoms. The second-order valence-corrected chi connectivity index (χ2v) is 7.07. The number of hydrogen-bond donors (Lipinski definition) is 1. The van der Waals surface area contributed by atoms with Crippen molar-refractivity contribution in [1.82, 2.24) is 14.8 Å². The van der Waals surface area contributed by atoms with E-state index in [1.165, 1.54) is 0 Å². The van der Waals surface area contributed by atoms with Gasteiger partial charge < -0.3 is 10.1 Å². The third-order valence-corrected chi connectivity index (χ3v) is 4.66. The highest BCUT2D eigenvalue weighted by Gasteiger charge is 2.19. The number of hydrogen-bond acceptors (Lipinski definition) is 4. The van der Waals surface area contributed by atoms with Crippen LogP contribution in [0.5, 0.6) is 5.75 Å². The summed E-state index contributed by atoms with van der Waals surface area (Å²) >= 11 is 0. The van der Waals surface area contributed by atoms with Crippen LogP contribution in [0, 0.1) is 13.8 Å². The molecule has 0 spiro atoms. The van der Waals surface area contributed by atoms with Gasteiger partial charge in [-0.05, 0) is 49.7 Å². The summed E-state index contributed by atoms with van der Waals surface area (Å²) in [6.45, 7) is 4.04. The summed E-state index contributed by atoms with van der Waals surface area (Å²) in [5.41, 5.74) is 4.56. The van der Waals surface area contributed by atoms with Crippen LogP contribution in [0.1, 0.15) is 21.7 Å². The Labute approximate surface area is 175 Å². The van der Waals surface area contributed by atoms with Gasteiger partial charge in [0.2, 0.25) is 5.82 Å². The van der Waals surface area contributed by atoms with E-state index in [4.69, 9.17) is 4.74 Å². The molecule has 1 amide bonds. The fourth-order valence-corrected chi connectivity index (χ4v) is 3.21. The molecule has 0 saturated carbocycles. The number of benzene rings is 3. The molecule has 1 aromatic heterocycles. The molecule has 150 valence electrons. The van der Waals surface area contributed by atoms with Crippen molar-refractivity contribution in [3.05, 3.63) is 89.7 Å². The molecule has 0 saturated heterocycles. The van der Waals surface area contributed by atoms with Gasteiger partial charge in [-0.15, -0.1) is 5.10 Å². The zero-order valence-electron chi connectivity index (χ0n) is 17.1. The Kier molecular flexibility index (Phi) is 5.30. The summed E-state index contributed by atoms with van der Waals surface area (Å²) in [6.07, 6.45) is 0. The SMILES string of the molecule is COc1cccc(NC(=O)c2nc(-c3cccc(C)c3)n(-c3cccc(C)c3)n2)c1. The van der Waals surface area contributed by atoms with Gasteiger partial charge in [0, 0.05) is 17.3 Å². The van der Waals surface area contributed by atoms with Crippen molar-refractivity contribution in [1.29, 1.82) is 0 Å². The number of amides is 1. The number of carbonyl (C=O) groups excluding carboxylic acids is 1. The molecule has 0 aliphatic heterocycles. The van der Waals surface area contributed by atoms with E-state index < -0.39 is 0 Å². The predicted molar refractivity (Wildman–Crippen MR) is 117 cm³/mol. The first-order valence-electron chi connectivity index (χ1n) is 9.60. The van der Waals surface area contributed by atoms with E-state index >= 15 is 0 Å². The van der Waals surface area contributed by atoms with Crippen LogP contribution in [0.3, 0.4) is 0 Å². The Bertz CT molecular complexity index is 1150. The van der Waals surface area contributed by atoms with E-state index in [2.05, 4.69) is 15.4 Å². The van der Waals surface area contributed by atoms with Crippen LogP contribution >= 0.6 is 0 Å². The molecule has 0 fully saturated rings. The smallest absolute Gasteiger partial charge is 0.295 e. The molecular weight excluding hydrogens is 376 g/mol. The monoisotopic (exact) mass is 398 g/mol. The molecule has 0 atom stereocenters. The highest BCUT2D eigenvalue weighted by Crippen LogP contribution is 2.23. The molecule has 0 aliphatic rings. The highest BCUT2D eigenvalue weighted by molar-refractivity contribution is 6.02. The van der Waals surface area contributed by atoms with E-state index in [-0.39, 0.29) is 11.7 Å². The molecule has 6 nitrogen and oxygen atoms in total. The lowest BCUT2D eigenvalue weighted by molar-refractivity contribution is 0.101. The van der Waals surface area contributed by atoms with Gasteiger partial charge in [-0.25, -0.2) is 9.67 Å². The molecule has 0 aliphatic carbocycles. The fourth-order valence-electron chi connectivity index (χ4n) is 3.21. The first-order chi connectivity index (χ1) is 14.5. The van der Waals surface area contributed by atoms with Gasteiger partial charge in [0.1, 0.15) is 5.75 Å². The summed E-state index contributed by atoms with van der Waals surface area (Å²) < 4.78 is 6.93. The predicted octanol–water partition coefficient (Wildman–Crippen LogP) is 4.81. The Balaban J connectivity index is 1.75. The maximum Gasteiger partial charge on any atom is 0.295 e. The summed E-state index contributed by atoms with van der Waals surface area (Å²) in [6, 6.07) is 23.1. The molecule has 0 radical (unpaired) electrons. The number of nitrogens with one attached hydrogen (secondary N) is 1. The number of aromatic nitrogens is 3. The van der Waals surface area contributed by atoms with Gasteiger partial charge in [0.05, 0.1) is 12.8 Å². The summed E-state index contributed by atoms with van der Waals surface area (Å²) in [5.74, 6) is 0.978. The van der Waals surface area contributed by atoms with Crippen molar-refractivity contribution >= 4 is 11.6 Å². The van der Waals surface area contributed by atoms with Crippen LogP contribution in [0.4, 0.5) is 5.69 Å². The first kappa shape index (κ1) is 19.4. The maximum atomic E-state index is 12.9.